The van der Waals surface area contributed by atoms with Gasteiger partial charge < -0.3 is 8.83 Å². The van der Waals surface area contributed by atoms with Crippen molar-refractivity contribution >= 4 is 45.8 Å². The molecule has 21 heavy (non-hydrogen) atoms. The summed E-state index contributed by atoms with van der Waals surface area (Å²) >= 11 is 5.92. The van der Waals surface area contributed by atoms with E-state index in [0.29, 0.717) is 39.3 Å². The molecule has 0 aliphatic carbocycles. The molecule has 0 radical (unpaired) electrons. The van der Waals surface area contributed by atoms with Crippen LogP contribution in [0.5, 0.6) is 0 Å². The van der Waals surface area contributed by atoms with Gasteiger partial charge in [-0.05, 0) is 25.1 Å². The topological polar surface area (TPSA) is 77.0 Å². The summed E-state index contributed by atoms with van der Waals surface area (Å²) in [6.45, 7) is 1.89. The van der Waals surface area contributed by atoms with Crippen molar-refractivity contribution in [1.29, 1.82) is 0 Å². The van der Waals surface area contributed by atoms with Crippen LogP contribution in [0.2, 0.25) is 5.02 Å². The van der Waals surface area contributed by atoms with Crippen molar-refractivity contribution in [1.82, 2.24) is 15.0 Å². The average molecular weight is 301 g/mol. The highest BCUT2D eigenvalue weighted by atomic mass is 35.5. The van der Waals surface area contributed by atoms with Crippen LogP contribution >= 0.6 is 11.6 Å². The fourth-order valence-electron chi connectivity index (χ4n) is 2.03. The zero-order valence-electron chi connectivity index (χ0n) is 10.9. The zero-order chi connectivity index (χ0) is 14.4. The maximum absolute atomic E-state index is 5.92. The molecule has 0 atom stereocenters. The monoisotopic (exact) mass is 300 g/mol. The van der Waals surface area contributed by atoms with Crippen LogP contribution in [0.4, 0.5) is 12.0 Å². The molecule has 6 nitrogen and oxygen atoms in total. The number of fused-ring (bicyclic) bond motifs is 2. The summed E-state index contributed by atoms with van der Waals surface area (Å²) in [5.74, 6) is 0. The van der Waals surface area contributed by atoms with Gasteiger partial charge in [-0.25, -0.2) is 0 Å². The van der Waals surface area contributed by atoms with Gasteiger partial charge in [0.25, 0.3) is 0 Å². The summed E-state index contributed by atoms with van der Waals surface area (Å²) < 4.78 is 11.1. The van der Waals surface area contributed by atoms with Gasteiger partial charge in [0.2, 0.25) is 0 Å². The molecule has 1 N–H and O–H groups in total. The molecule has 0 saturated heterocycles. The molecule has 104 valence electrons. The maximum atomic E-state index is 5.92. The van der Waals surface area contributed by atoms with Crippen LogP contribution in [0.15, 0.2) is 39.3 Å². The lowest BCUT2D eigenvalue weighted by atomic mass is 10.3. The minimum absolute atomic E-state index is 0.295. The first kappa shape index (κ1) is 12.2. The van der Waals surface area contributed by atoms with Gasteiger partial charge in [-0.3, -0.25) is 10.3 Å². The Morgan fingerprint density at radius 1 is 1.00 bits per heavy atom. The summed E-state index contributed by atoms with van der Waals surface area (Å²) in [6.07, 6.45) is 1.66. The van der Waals surface area contributed by atoms with Crippen molar-refractivity contribution in [3.63, 3.8) is 0 Å². The second-order valence-electron chi connectivity index (χ2n) is 4.57. The van der Waals surface area contributed by atoms with E-state index in [4.69, 9.17) is 20.4 Å². The number of hydrogen-bond acceptors (Lipinski definition) is 6. The first-order chi connectivity index (χ1) is 10.2. The highest BCUT2D eigenvalue weighted by molar-refractivity contribution is 6.31. The number of nitrogens with zero attached hydrogens (tertiary/aromatic N) is 3. The van der Waals surface area contributed by atoms with Gasteiger partial charge in [-0.15, -0.1) is 0 Å². The van der Waals surface area contributed by atoms with Crippen molar-refractivity contribution in [2.75, 3.05) is 5.32 Å². The number of oxazole rings is 2. The number of aryl methyl sites for hydroxylation is 1. The molecule has 7 heteroatoms. The standard InChI is InChI=1S/C14H9ClN4O2/c1-7-4-12-10(6-16-7)18-14(21-12)19-13-17-9-5-8(15)2-3-11(9)20-13/h2-6H,1H3,(H,17,18,19). The van der Waals surface area contributed by atoms with E-state index in [1.54, 1.807) is 24.4 Å². The summed E-state index contributed by atoms with van der Waals surface area (Å²) in [6, 6.07) is 7.64. The number of hydrogen-bond donors (Lipinski definition) is 1. The maximum Gasteiger partial charge on any atom is 0.303 e. The van der Waals surface area contributed by atoms with Crippen LogP contribution in [-0.2, 0) is 0 Å². The highest BCUT2D eigenvalue weighted by Gasteiger charge is 2.11. The van der Waals surface area contributed by atoms with Gasteiger partial charge in [0, 0.05) is 16.8 Å². The minimum atomic E-state index is 0.295. The lowest BCUT2D eigenvalue weighted by molar-refractivity contribution is 0.591. The Morgan fingerprint density at radius 2 is 1.76 bits per heavy atom. The predicted molar refractivity (Wildman–Crippen MR) is 78.8 cm³/mol. The van der Waals surface area contributed by atoms with Crippen molar-refractivity contribution in [2.45, 2.75) is 6.92 Å². The summed E-state index contributed by atoms with van der Waals surface area (Å²) in [7, 11) is 0. The van der Waals surface area contributed by atoms with E-state index >= 15 is 0 Å². The summed E-state index contributed by atoms with van der Waals surface area (Å²) in [5, 5.41) is 3.50. The van der Waals surface area contributed by atoms with Crippen LogP contribution in [-0.4, -0.2) is 15.0 Å². The minimum Gasteiger partial charge on any atom is -0.423 e. The van der Waals surface area contributed by atoms with Crippen LogP contribution in [0.3, 0.4) is 0 Å². The number of benzene rings is 1. The lowest BCUT2D eigenvalue weighted by Crippen LogP contribution is -1.89. The normalized spacial score (nSPS) is 11.3. The van der Waals surface area contributed by atoms with Crippen molar-refractivity contribution < 1.29 is 8.83 Å². The number of anilines is 2. The number of rotatable bonds is 2. The molecule has 0 aliphatic heterocycles. The van der Waals surface area contributed by atoms with Gasteiger partial charge >= 0.3 is 12.0 Å². The van der Waals surface area contributed by atoms with Crippen LogP contribution in [0, 0.1) is 6.92 Å². The molecule has 3 heterocycles. The third-order valence-corrected chi connectivity index (χ3v) is 3.21. The predicted octanol–water partition coefficient (Wildman–Crippen LogP) is 4.07. The van der Waals surface area contributed by atoms with Crippen LogP contribution < -0.4 is 5.32 Å². The molecule has 4 aromatic rings. The molecular weight excluding hydrogens is 292 g/mol. The van der Waals surface area contributed by atoms with Gasteiger partial charge in [-0.2, -0.15) is 9.97 Å². The Labute approximate surface area is 123 Å². The third kappa shape index (κ3) is 2.19. The van der Waals surface area contributed by atoms with Crippen molar-refractivity contribution in [3.05, 3.63) is 41.2 Å². The van der Waals surface area contributed by atoms with Gasteiger partial charge in [0.1, 0.15) is 11.0 Å². The van der Waals surface area contributed by atoms with E-state index in [9.17, 15) is 0 Å². The van der Waals surface area contributed by atoms with Gasteiger partial charge in [-0.1, -0.05) is 11.6 Å². The smallest absolute Gasteiger partial charge is 0.303 e. The summed E-state index contributed by atoms with van der Waals surface area (Å²) in [5.41, 5.74) is 3.49. The Bertz CT molecular complexity index is 882. The van der Waals surface area contributed by atoms with E-state index in [0.717, 1.165) is 5.69 Å². The van der Waals surface area contributed by atoms with Crippen molar-refractivity contribution in [2.24, 2.45) is 0 Å². The molecule has 4 rings (SSSR count). The van der Waals surface area contributed by atoms with E-state index in [-0.39, 0.29) is 0 Å². The quantitative estimate of drug-likeness (QED) is 0.601. The van der Waals surface area contributed by atoms with E-state index in [2.05, 4.69) is 20.3 Å². The summed E-state index contributed by atoms with van der Waals surface area (Å²) in [4.78, 5) is 12.7. The Balaban J connectivity index is 1.71. The molecule has 0 aliphatic rings. The molecule has 0 saturated carbocycles. The van der Waals surface area contributed by atoms with E-state index in [1.807, 2.05) is 13.0 Å². The Kier molecular flexibility index (Phi) is 2.58. The molecule has 0 unspecified atom stereocenters. The molecule has 3 aromatic heterocycles. The largest absolute Gasteiger partial charge is 0.423 e. The molecule has 0 amide bonds. The fourth-order valence-corrected chi connectivity index (χ4v) is 2.19. The molecule has 0 fully saturated rings. The Hall–Kier alpha value is -2.60. The first-order valence-electron chi connectivity index (χ1n) is 6.24. The molecule has 1 aromatic carbocycles. The van der Waals surface area contributed by atoms with Gasteiger partial charge in [0.15, 0.2) is 11.2 Å². The number of nitrogens with one attached hydrogen (secondary N) is 1. The second-order valence-corrected chi connectivity index (χ2v) is 5.00. The SMILES string of the molecule is Cc1cc2oc(Nc3nc4cc(Cl)ccc4o3)nc2cn1. The number of halogens is 1. The number of pyridine rings is 1. The lowest BCUT2D eigenvalue weighted by Gasteiger charge is -1.92. The van der Waals surface area contributed by atoms with Crippen LogP contribution in [0.25, 0.3) is 22.2 Å². The average Bonchev–Trinajstić information content (AvgIpc) is 3.00. The number of aromatic nitrogens is 3. The third-order valence-electron chi connectivity index (χ3n) is 2.98. The Morgan fingerprint density at radius 3 is 2.62 bits per heavy atom. The van der Waals surface area contributed by atoms with Crippen LogP contribution in [0.1, 0.15) is 5.69 Å². The molecular formula is C14H9ClN4O2. The van der Waals surface area contributed by atoms with E-state index in [1.165, 1.54) is 0 Å². The van der Waals surface area contributed by atoms with E-state index < -0.39 is 0 Å². The van der Waals surface area contributed by atoms with Gasteiger partial charge in [0.05, 0.1) is 6.20 Å². The zero-order valence-corrected chi connectivity index (χ0v) is 11.7. The van der Waals surface area contributed by atoms with Crippen molar-refractivity contribution in [3.8, 4) is 0 Å². The molecule has 0 bridgehead atoms. The highest BCUT2D eigenvalue weighted by Crippen LogP contribution is 2.26. The molecule has 0 spiro atoms. The fraction of sp³-hybridized carbons (Fsp3) is 0.0714. The first-order valence-corrected chi connectivity index (χ1v) is 6.61. The second kappa shape index (κ2) is 4.46.